The summed E-state index contributed by atoms with van der Waals surface area (Å²) in [6.07, 6.45) is 56.3. The van der Waals surface area contributed by atoms with Crippen LogP contribution in [0.2, 0.25) is 0 Å². The van der Waals surface area contributed by atoms with Crippen molar-refractivity contribution in [2.24, 2.45) is 0 Å². The summed E-state index contributed by atoms with van der Waals surface area (Å²) in [6.45, 7) is 4.82. The molecule has 0 aliphatic carbocycles. The van der Waals surface area contributed by atoms with E-state index >= 15 is 0 Å². The average Bonchev–Trinajstić information content (AvgIpc) is 3.26. The summed E-state index contributed by atoms with van der Waals surface area (Å²) in [5, 5.41) is 0. The van der Waals surface area contributed by atoms with Crippen LogP contribution in [0.1, 0.15) is 279 Å². The monoisotopic (exact) mass is 887 g/mol. The molecule has 0 saturated carbocycles. The van der Waals surface area contributed by atoms with E-state index in [0.29, 0.717) is 12.8 Å². The van der Waals surface area contributed by atoms with Crippen molar-refractivity contribution < 1.29 is 32.0 Å². The molecule has 0 aliphatic rings. The van der Waals surface area contributed by atoms with Gasteiger partial charge in [0.25, 0.3) is 10.1 Å². The molecule has 1 aromatic carbocycles. The number of hydrogen-bond acceptors (Lipinski definition) is 6. The maximum Gasteiger partial charge on any atom is 0.340 e. The third-order valence-electron chi connectivity index (χ3n) is 12.0. The molecule has 0 fully saturated rings. The Labute approximate surface area is 382 Å². The second kappa shape index (κ2) is 42.5. The van der Waals surface area contributed by atoms with Gasteiger partial charge in [-0.3, -0.25) is 4.55 Å². The van der Waals surface area contributed by atoms with Crippen molar-refractivity contribution in [1.29, 1.82) is 0 Å². The molecule has 0 saturated heterocycles. The molecule has 62 heavy (non-hydrogen) atoms. The second-order valence-electron chi connectivity index (χ2n) is 17.8. The molecular formula is C54H94O7S. The van der Waals surface area contributed by atoms with Crippen molar-refractivity contribution in [3.05, 3.63) is 53.6 Å². The summed E-state index contributed by atoms with van der Waals surface area (Å²) in [5.41, 5.74) is -0.672. The van der Waals surface area contributed by atoms with Gasteiger partial charge >= 0.3 is 11.9 Å². The fourth-order valence-corrected chi connectivity index (χ4v) is 8.78. The van der Waals surface area contributed by atoms with E-state index in [2.05, 4.69) is 38.2 Å². The molecular weight excluding hydrogens is 793 g/mol. The van der Waals surface area contributed by atoms with E-state index in [-0.39, 0.29) is 18.8 Å². The van der Waals surface area contributed by atoms with Crippen LogP contribution in [0.25, 0.3) is 0 Å². The minimum Gasteiger partial charge on any atom is -0.462 e. The van der Waals surface area contributed by atoms with Crippen LogP contribution in [0, 0.1) is 0 Å². The zero-order chi connectivity index (χ0) is 45.0. The lowest BCUT2D eigenvalue weighted by Gasteiger charge is -2.13. The van der Waals surface area contributed by atoms with Crippen molar-refractivity contribution in [3.63, 3.8) is 0 Å². The van der Waals surface area contributed by atoms with E-state index in [9.17, 15) is 22.6 Å². The number of carbonyl (C=O) groups excluding carboxylic acids is 2. The molecule has 0 spiro atoms. The number of benzene rings is 1. The number of hydrogen-bond donors (Lipinski definition) is 1. The zero-order valence-electron chi connectivity index (χ0n) is 40.1. The molecule has 0 unspecified atom stereocenters. The van der Waals surface area contributed by atoms with Gasteiger partial charge in [0.2, 0.25) is 0 Å². The van der Waals surface area contributed by atoms with Crippen molar-refractivity contribution in [2.45, 2.75) is 263 Å². The van der Waals surface area contributed by atoms with Crippen LogP contribution in [0.4, 0.5) is 0 Å². The minimum atomic E-state index is -4.77. The van der Waals surface area contributed by atoms with Crippen LogP contribution < -0.4 is 0 Å². The molecule has 8 heteroatoms. The summed E-state index contributed by atoms with van der Waals surface area (Å²) >= 11 is 0. The van der Waals surface area contributed by atoms with E-state index in [1.165, 1.54) is 205 Å². The maximum atomic E-state index is 13.1. The Morgan fingerprint density at radius 2 is 0.726 bits per heavy atom. The van der Waals surface area contributed by atoms with Crippen molar-refractivity contribution in [1.82, 2.24) is 0 Å². The van der Waals surface area contributed by atoms with Crippen LogP contribution in [0.15, 0.2) is 47.4 Å². The molecule has 0 atom stereocenters. The van der Waals surface area contributed by atoms with Crippen molar-refractivity contribution in [2.75, 3.05) is 13.2 Å². The number of unbranched alkanes of at least 4 members (excludes halogenated alkanes) is 34. The second-order valence-corrected chi connectivity index (χ2v) is 19.2. The minimum absolute atomic E-state index is 0.109. The molecule has 0 radical (unpaired) electrons. The van der Waals surface area contributed by atoms with Crippen LogP contribution in [0.3, 0.4) is 0 Å². The van der Waals surface area contributed by atoms with Crippen LogP contribution in [0.5, 0.6) is 0 Å². The molecule has 1 N–H and O–H groups in total. The first-order chi connectivity index (χ1) is 30.3. The van der Waals surface area contributed by atoms with Crippen LogP contribution in [-0.2, 0) is 19.6 Å². The molecule has 1 rings (SSSR count). The zero-order valence-corrected chi connectivity index (χ0v) is 40.9. The third-order valence-corrected chi connectivity index (χ3v) is 12.9. The summed E-state index contributed by atoms with van der Waals surface area (Å²) in [7, 11) is -4.77. The first-order valence-electron chi connectivity index (χ1n) is 26.1. The summed E-state index contributed by atoms with van der Waals surface area (Å²) in [6, 6.07) is 3.77. The Kier molecular flexibility index (Phi) is 39.5. The Morgan fingerprint density at radius 1 is 0.435 bits per heavy atom. The molecule has 0 bridgehead atoms. The fourth-order valence-electron chi connectivity index (χ4n) is 8.07. The smallest absolute Gasteiger partial charge is 0.340 e. The molecule has 7 nitrogen and oxygen atoms in total. The van der Waals surface area contributed by atoms with E-state index in [0.717, 1.165) is 44.6 Å². The average molecular weight is 887 g/mol. The summed E-state index contributed by atoms with van der Waals surface area (Å²) in [4.78, 5) is 25.5. The molecule has 0 heterocycles. The van der Waals surface area contributed by atoms with Gasteiger partial charge in [-0.05, 0) is 76.3 Å². The van der Waals surface area contributed by atoms with Crippen LogP contribution in [-0.4, -0.2) is 38.1 Å². The van der Waals surface area contributed by atoms with Gasteiger partial charge < -0.3 is 9.47 Å². The summed E-state index contributed by atoms with van der Waals surface area (Å²) in [5.74, 6) is -1.74. The maximum absolute atomic E-state index is 13.1. The van der Waals surface area contributed by atoms with Crippen molar-refractivity contribution in [3.8, 4) is 0 Å². The predicted molar refractivity (Wildman–Crippen MR) is 262 cm³/mol. The van der Waals surface area contributed by atoms with Gasteiger partial charge in [0.15, 0.2) is 0 Å². The van der Waals surface area contributed by atoms with Gasteiger partial charge in [0.1, 0.15) is 4.90 Å². The topological polar surface area (TPSA) is 107 Å². The number of carbonyl (C=O) groups is 2. The molecule has 0 amide bonds. The quantitative estimate of drug-likeness (QED) is 0.0301. The number of ether oxygens (including phenoxy) is 2. The molecule has 0 aromatic heterocycles. The lowest BCUT2D eigenvalue weighted by molar-refractivity contribution is 0.0446. The lowest BCUT2D eigenvalue weighted by Crippen LogP contribution is -2.19. The Morgan fingerprint density at radius 3 is 1.05 bits per heavy atom. The van der Waals surface area contributed by atoms with Crippen LogP contribution >= 0.6 is 0 Å². The predicted octanol–water partition coefficient (Wildman–Crippen LogP) is 17.2. The van der Waals surface area contributed by atoms with Gasteiger partial charge in [-0.25, -0.2) is 9.59 Å². The van der Waals surface area contributed by atoms with Gasteiger partial charge in [-0.2, -0.15) is 8.42 Å². The largest absolute Gasteiger partial charge is 0.462 e. The highest BCUT2D eigenvalue weighted by atomic mass is 32.2. The van der Waals surface area contributed by atoms with E-state index in [1.54, 1.807) is 0 Å². The highest BCUT2D eigenvalue weighted by molar-refractivity contribution is 7.86. The SMILES string of the molecule is CCCCCCCCC/C=C/CCCCCCCCCCCCOC(=O)c1cccc(S(=O)(=O)O)c1C(=O)OCCCCCCCCCCCC/C=C/CCCCCCCCC. The first-order valence-corrected chi connectivity index (χ1v) is 27.5. The Bertz CT molecular complexity index is 1370. The Hall–Kier alpha value is -2.45. The lowest BCUT2D eigenvalue weighted by atomic mass is 10.1. The Balaban J connectivity index is 2.14. The summed E-state index contributed by atoms with van der Waals surface area (Å²) < 4.78 is 45.0. The standard InChI is InChI=1S/C54H94O7S/c1-3-5-7-9-11-13-15-17-19-21-23-25-27-29-31-33-35-37-39-41-43-48-60-53(55)50-46-45-47-51(62(57,58)59)52(50)54(56)61-49-44-42-40-38-36-34-32-30-28-26-24-22-20-18-16-14-12-10-8-6-4-2/h19-22,45-47H,3-18,23-44,48-49H2,1-2H3,(H,57,58,59)/b21-19+,22-20+. The van der Waals surface area contributed by atoms with Gasteiger partial charge in [-0.15, -0.1) is 0 Å². The van der Waals surface area contributed by atoms with E-state index < -0.39 is 32.5 Å². The molecule has 1 aromatic rings. The highest BCUT2D eigenvalue weighted by Crippen LogP contribution is 2.23. The first kappa shape index (κ1) is 57.6. The van der Waals surface area contributed by atoms with E-state index in [4.69, 9.17) is 9.47 Å². The molecule has 0 aliphatic heterocycles. The molecule has 358 valence electrons. The fraction of sp³-hybridized carbons (Fsp3) is 0.778. The highest BCUT2D eigenvalue weighted by Gasteiger charge is 2.28. The third kappa shape index (κ3) is 34.0. The normalized spacial score (nSPS) is 11.9. The number of rotatable bonds is 45. The van der Waals surface area contributed by atoms with Gasteiger partial charge in [-0.1, -0.05) is 224 Å². The van der Waals surface area contributed by atoms with Crippen molar-refractivity contribution >= 4 is 22.1 Å². The van der Waals surface area contributed by atoms with Gasteiger partial charge in [0.05, 0.1) is 24.3 Å². The van der Waals surface area contributed by atoms with Gasteiger partial charge in [0, 0.05) is 0 Å². The number of allylic oxidation sites excluding steroid dienone is 4. The van der Waals surface area contributed by atoms with E-state index in [1.807, 2.05) is 0 Å². The number of esters is 2.